The first-order valence-corrected chi connectivity index (χ1v) is 15.3. The van der Waals surface area contributed by atoms with Gasteiger partial charge in [-0.1, -0.05) is 36.4 Å². The Balaban J connectivity index is 1.36. The molecular formula is C38H30N4O8. The third-order valence-electron chi connectivity index (χ3n) is 8.80. The minimum atomic E-state index is -0.660. The lowest BCUT2D eigenvalue weighted by molar-refractivity contribution is 0.0906. The molecular weight excluding hydrogens is 640 g/mol. The quantitative estimate of drug-likeness (QED) is 0.152. The molecule has 5 aromatic carbocycles. The molecule has 7 rings (SSSR count). The number of ether oxygens (including phenoxy) is 4. The third-order valence-corrected chi connectivity index (χ3v) is 8.80. The van der Waals surface area contributed by atoms with Gasteiger partial charge in [-0.3, -0.25) is 19.2 Å². The van der Waals surface area contributed by atoms with Crippen molar-refractivity contribution < 1.29 is 38.1 Å². The summed E-state index contributed by atoms with van der Waals surface area (Å²) < 4.78 is 23.1. The SMILES string of the molecule is COc1c(OC)c(N2C(=O)c3ccc(-c4ccc(N)cc4)cc3C2=O)c(OC)c(OC)c1N1C(=O)c2ccc(-c3ccc(N)cc3)cc2C1=O. The van der Waals surface area contributed by atoms with Crippen LogP contribution in [0, 0.1) is 0 Å². The summed E-state index contributed by atoms with van der Waals surface area (Å²) in [6.45, 7) is 0. The van der Waals surface area contributed by atoms with Gasteiger partial charge in [0.2, 0.25) is 0 Å². The van der Waals surface area contributed by atoms with Crippen LogP contribution in [-0.2, 0) is 0 Å². The molecule has 0 radical (unpaired) electrons. The van der Waals surface area contributed by atoms with Crippen molar-refractivity contribution in [1.29, 1.82) is 0 Å². The van der Waals surface area contributed by atoms with Crippen LogP contribution in [0.3, 0.4) is 0 Å². The maximum absolute atomic E-state index is 14.1. The molecule has 0 saturated heterocycles. The zero-order valence-electron chi connectivity index (χ0n) is 27.4. The van der Waals surface area contributed by atoms with E-state index in [0.29, 0.717) is 22.5 Å². The fraction of sp³-hybridized carbons (Fsp3) is 0.105. The van der Waals surface area contributed by atoms with Crippen LogP contribution in [0.1, 0.15) is 41.4 Å². The molecule has 0 unspecified atom stereocenters. The fourth-order valence-electron chi connectivity index (χ4n) is 6.40. The van der Waals surface area contributed by atoms with E-state index in [1.54, 1.807) is 60.7 Å². The number of methoxy groups -OCH3 is 4. The number of rotatable bonds is 8. The maximum Gasteiger partial charge on any atom is 0.266 e. The number of carbonyl (C=O) groups is 4. The monoisotopic (exact) mass is 670 g/mol. The van der Waals surface area contributed by atoms with E-state index >= 15 is 0 Å². The summed E-state index contributed by atoms with van der Waals surface area (Å²) in [7, 11) is 5.21. The number of carbonyl (C=O) groups excluding carboxylic acids is 4. The van der Waals surface area contributed by atoms with E-state index in [4.69, 9.17) is 30.4 Å². The molecule has 2 heterocycles. The predicted octanol–water partition coefficient (Wildman–Crippen LogP) is 5.82. The average Bonchev–Trinajstić information content (AvgIpc) is 3.53. The zero-order chi connectivity index (χ0) is 35.4. The van der Waals surface area contributed by atoms with Crippen LogP contribution >= 0.6 is 0 Å². The van der Waals surface area contributed by atoms with Crippen LogP contribution in [0.25, 0.3) is 22.3 Å². The molecule has 50 heavy (non-hydrogen) atoms. The van der Waals surface area contributed by atoms with Crippen molar-refractivity contribution in [2.24, 2.45) is 0 Å². The van der Waals surface area contributed by atoms with E-state index in [1.807, 2.05) is 24.3 Å². The molecule has 0 spiro atoms. The lowest BCUT2D eigenvalue weighted by Crippen LogP contribution is -2.32. The van der Waals surface area contributed by atoms with Crippen LogP contribution in [0.15, 0.2) is 84.9 Å². The first-order valence-electron chi connectivity index (χ1n) is 15.3. The highest BCUT2D eigenvalue weighted by molar-refractivity contribution is 6.38. The molecule has 0 aromatic heterocycles. The molecule has 0 aliphatic carbocycles. The summed E-state index contributed by atoms with van der Waals surface area (Å²) in [5, 5.41) is 0. The molecule has 0 fully saturated rings. The number of hydrogen-bond donors (Lipinski definition) is 2. The summed E-state index contributed by atoms with van der Waals surface area (Å²) in [5.41, 5.74) is 16.2. The number of nitrogen functional groups attached to an aromatic ring is 2. The standard InChI is InChI=1S/C38H30N4O8/c1-47-31-29(41-35(43)25-15-9-21(17-27(25)37(41)45)19-5-11-23(39)12-6-19)33(49-3)34(50-4)30(32(31)48-2)42-36(44)26-16-10-22(18-28(26)38(42)46)20-7-13-24(40)14-8-20/h5-18H,39-40H2,1-4H3. The lowest BCUT2D eigenvalue weighted by atomic mass is 10.00. The molecule has 4 N–H and O–H groups in total. The molecule has 0 atom stereocenters. The van der Waals surface area contributed by atoms with E-state index in [1.165, 1.54) is 28.4 Å². The predicted molar refractivity (Wildman–Crippen MR) is 188 cm³/mol. The van der Waals surface area contributed by atoms with Gasteiger partial charge >= 0.3 is 0 Å². The Labute approximate surface area is 286 Å². The molecule has 250 valence electrons. The van der Waals surface area contributed by atoms with Crippen molar-refractivity contribution in [3.63, 3.8) is 0 Å². The van der Waals surface area contributed by atoms with Crippen LogP contribution in [0.4, 0.5) is 22.7 Å². The van der Waals surface area contributed by atoms with Crippen LogP contribution in [-0.4, -0.2) is 52.1 Å². The van der Waals surface area contributed by atoms with Crippen molar-refractivity contribution in [3.05, 3.63) is 107 Å². The Kier molecular flexibility index (Phi) is 7.63. The van der Waals surface area contributed by atoms with Crippen molar-refractivity contribution in [1.82, 2.24) is 0 Å². The Bertz CT molecular complexity index is 2070. The number of fused-ring (bicyclic) bond motifs is 2. The van der Waals surface area contributed by atoms with Gasteiger partial charge in [0.1, 0.15) is 11.4 Å². The molecule has 2 aliphatic heterocycles. The Morgan fingerprint density at radius 2 is 0.680 bits per heavy atom. The van der Waals surface area contributed by atoms with Crippen LogP contribution < -0.4 is 40.2 Å². The van der Waals surface area contributed by atoms with Gasteiger partial charge in [-0.2, -0.15) is 0 Å². The molecule has 0 bridgehead atoms. The van der Waals surface area contributed by atoms with E-state index < -0.39 is 23.6 Å². The van der Waals surface area contributed by atoms with Gasteiger partial charge in [-0.15, -0.1) is 0 Å². The highest BCUT2D eigenvalue weighted by Crippen LogP contribution is 2.59. The van der Waals surface area contributed by atoms with Gasteiger partial charge in [0, 0.05) is 11.4 Å². The lowest BCUT2D eigenvalue weighted by Gasteiger charge is -2.28. The maximum atomic E-state index is 14.1. The number of benzene rings is 5. The van der Waals surface area contributed by atoms with E-state index in [0.717, 1.165) is 20.9 Å². The number of amides is 4. The highest BCUT2D eigenvalue weighted by atomic mass is 16.5. The van der Waals surface area contributed by atoms with Gasteiger partial charge < -0.3 is 30.4 Å². The minimum Gasteiger partial charge on any atom is -0.491 e. The van der Waals surface area contributed by atoms with Crippen LogP contribution in [0.5, 0.6) is 23.0 Å². The summed E-state index contributed by atoms with van der Waals surface area (Å²) in [5.74, 6) is -3.21. The van der Waals surface area contributed by atoms with E-state index in [9.17, 15) is 19.2 Å². The largest absolute Gasteiger partial charge is 0.491 e. The molecule has 4 amide bonds. The summed E-state index contributed by atoms with van der Waals surface area (Å²) in [4.78, 5) is 58.0. The van der Waals surface area contributed by atoms with Crippen LogP contribution in [0.2, 0.25) is 0 Å². The number of nitrogens with two attached hydrogens (primary N) is 2. The topological polar surface area (TPSA) is 164 Å². The van der Waals surface area contributed by atoms with Gasteiger partial charge in [-0.05, 0) is 70.8 Å². The first-order chi connectivity index (χ1) is 24.1. The van der Waals surface area contributed by atoms with Crippen molar-refractivity contribution in [2.45, 2.75) is 0 Å². The number of nitrogens with zero attached hydrogens (tertiary/aromatic N) is 2. The minimum absolute atomic E-state index is 0.130. The second-order valence-corrected chi connectivity index (χ2v) is 11.5. The molecule has 12 heteroatoms. The smallest absolute Gasteiger partial charge is 0.266 e. The van der Waals surface area contributed by atoms with Crippen molar-refractivity contribution in [2.75, 3.05) is 49.7 Å². The summed E-state index contributed by atoms with van der Waals surface area (Å²) in [6, 6.07) is 24.1. The average molecular weight is 671 g/mol. The normalized spacial score (nSPS) is 13.4. The highest BCUT2D eigenvalue weighted by Gasteiger charge is 2.47. The molecule has 2 aliphatic rings. The Morgan fingerprint density at radius 1 is 0.400 bits per heavy atom. The Morgan fingerprint density at radius 3 is 0.980 bits per heavy atom. The zero-order valence-corrected chi connectivity index (χ0v) is 27.4. The van der Waals surface area contributed by atoms with Gasteiger partial charge in [0.15, 0.2) is 23.0 Å². The summed E-state index contributed by atoms with van der Waals surface area (Å²) >= 11 is 0. The summed E-state index contributed by atoms with van der Waals surface area (Å²) in [6.07, 6.45) is 0. The Hall–Kier alpha value is -6.82. The molecule has 0 saturated carbocycles. The fourth-order valence-corrected chi connectivity index (χ4v) is 6.40. The molecule has 5 aromatic rings. The van der Waals surface area contributed by atoms with E-state index in [-0.39, 0.29) is 56.6 Å². The van der Waals surface area contributed by atoms with Crippen molar-refractivity contribution >= 4 is 46.4 Å². The molecule has 12 nitrogen and oxygen atoms in total. The third kappa shape index (κ3) is 4.68. The van der Waals surface area contributed by atoms with Gasteiger partial charge in [0.25, 0.3) is 23.6 Å². The second kappa shape index (κ2) is 12.0. The second-order valence-electron chi connectivity index (χ2n) is 11.5. The van der Waals surface area contributed by atoms with E-state index in [2.05, 4.69) is 0 Å². The van der Waals surface area contributed by atoms with Crippen molar-refractivity contribution in [3.8, 4) is 45.3 Å². The number of imide groups is 2. The van der Waals surface area contributed by atoms with Gasteiger partial charge in [0.05, 0.1) is 50.7 Å². The first kappa shape index (κ1) is 31.8. The number of anilines is 4. The number of hydrogen-bond acceptors (Lipinski definition) is 10. The van der Waals surface area contributed by atoms with Gasteiger partial charge in [-0.25, -0.2) is 9.80 Å².